The minimum atomic E-state index is -0.445. The zero-order valence-electron chi connectivity index (χ0n) is 13.6. The number of nitrogens with one attached hydrogen (secondary N) is 1. The van der Waals surface area contributed by atoms with Gasteiger partial charge in [-0.25, -0.2) is 9.78 Å². The average Bonchev–Trinajstić information content (AvgIpc) is 2.59. The van der Waals surface area contributed by atoms with Gasteiger partial charge in [-0.3, -0.25) is 19.4 Å². The monoisotopic (exact) mass is 333 g/mol. The van der Waals surface area contributed by atoms with E-state index in [0.29, 0.717) is 19.0 Å². The van der Waals surface area contributed by atoms with Crippen molar-refractivity contribution in [3.63, 3.8) is 0 Å². The third kappa shape index (κ3) is 3.02. The van der Waals surface area contributed by atoms with E-state index in [-0.39, 0.29) is 24.8 Å². The predicted octanol–water partition coefficient (Wildman–Crippen LogP) is -0.363. The highest BCUT2D eigenvalue weighted by atomic mass is 16.5. The van der Waals surface area contributed by atoms with Crippen LogP contribution in [0.3, 0.4) is 0 Å². The Hall–Kier alpha value is -2.68. The molecule has 2 aliphatic heterocycles. The quantitative estimate of drug-likeness (QED) is 0.811. The average molecular weight is 333 g/mol. The largest absolute Gasteiger partial charge is 0.481 e. The van der Waals surface area contributed by atoms with Gasteiger partial charge in [0, 0.05) is 32.4 Å². The van der Waals surface area contributed by atoms with E-state index in [2.05, 4.69) is 10.3 Å². The summed E-state index contributed by atoms with van der Waals surface area (Å²) in [6.07, 6.45) is 1.31. The molecule has 3 rings (SSSR count). The Labute approximate surface area is 139 Å². The Morgan fingerprint density at radius 1 is 1.25 bits per heavy atom. The van der Waals surface area contributed by atoms with Gasteiger partial charge in [-0.2, -0.15) is 0 Å². The van der Waals surface area contributed by atoms with Crippen molar-refractivity contribution < 1.29 is 19.1 Å². The van der Waals surface area contributed by atoms with Crippen LogP contribution in [0.25, 0.3) is 0 Å². The van der Waals surface area contributed by atoms with Crippen molar-refractivity contribution in [2.24, 2.45) is 0 Å². The highest BCUT2D eigenvalue weighted by Gasteiger charge is 2.36. The molecule has 9 heteroatoms. The van der Waals surface area contributed by atoms with Crippen molar-refractivity contribution in [2.75, 3.05) is 38.7 Å². The molecule has 1 aromatic heterocycles. The number of urea groups is 1. The van der Waals surface area contributed by atoms with E-state index in [0.717, 1.165) is 10.6 Å². The number of rotatable bonds is 3. The number of hydrogen-bond donors (Lipinski definition) is 1. The Balaban J connectivity index is 1.68. The van der Waals surface area contributed by atoms with Gasteiger partial charge >= 0.3 is 6.03 Å². The maximum atomic E-state index is 12.5. The summed E-state index contributed by atoms with van der Waals surface area (Å²) < 4.78 is 5.08. The fraction of sp³-hybridized carbons (Fsp3) is 0.467. The van der Waals surface area contributed by atoms with Gasteiger partial charge < -0.3 is 15.0 Å². The number of hydrogen-bond acceptors (Lipinski definition) is 6. The number of pyridine rings is 1. The second kappa shape index (κ2) is 6.44. The van der Waals surface area contributed by atoms with Crippen molar-refractivity contribution in [3.05, 3.63) is 18.3 Å². The first-order valence-corrected chi connectivity index (χ1v) is 7.61. The summed E-state index contributed by atoms with van der Waals surface area (Å²) in [5.74, 6) is 0.0866. The normalized spacial score (nSPS) is 22.6. The molecule has 3 heterocycles. The molecule has 0 bridgehead atoms. The van der Waals surface area contributed by atoms with Gasteiger partial charge in [0.05, 0.1) is 31.9 Å². The van der Waals surface area contributed by atoms with Crippen LogP contribution in [-0.2, 0) is 9.59 Å². The van der Waals surface area contributed by atoms with Crippen LogP contribution >= 0.6 is 0 Å². The first-order chi connectivity index (χ1) is 11.5. The van der Waals surface area contributed by atoms with Crippen LogP contribution in [0, 0.1) is 0 Å². The summed E-state index contributed by atoms with van der Waals surface area (Å²) >= 11 is 0. The molecule has 2 fully saturated rings. The molecule has 0 spiro atoms. The molecule has 1 N–H and O–H groups in total. The number of piperazine rings is 1. The lowest BCUT2D eigenvalue weighted by Crippen LogP contribution is -2.63. The van der Waals surface area contributed by atoms with Crippen molar-refractivity contribution in [1.82, 2.24) is 20.1 Å². The van der Waals surface area contributed by atoms with Crippen molar-refractivity contribution >= 4 is 23.5 Å². The summed E-state index contributed by atoms with van der Waals surface area (Å²) in [6.45, 7) is 1.15. The van der Waals surface area contributed by atoms with Crippen LogP contribution in [0.4, 0.5) is 10.5 Å². The maximum Gasteiger partial charge on any atom is 0.325 e. The summed E-state index contributed by atoms with van der Waals surface area (Å²) in [5.41, 5.74) is 0.718. The molecular weight excluding hydrogens is 314 g/mol. The SMILES string of the molecule is COc1cc(N2CCN(C3CC(=O)N(C)C(=O)N3)CC2=O)ccn1. The zero-order valence-corrected chi connectivity index (χ0v) is 13.6. The first-order valence-electron chi connectivity index (χ1n) is 7.61. The second-order valence-corrected chi connectivity index (χ2v) is 5.69. The van der Waals surface area contributed by atoms with Gasteiger partial charge in [-0.1, -0.05) is 0 Å². The van der Waals surface area contributed by atoms with Crippen LogP contribution < -0.4 is 15.0 Å². The summed E-state index contributed by atoms with van der Waals surface area (Å²) in [4.78, 5) is 44.6. The molecule has 0 radical (unpaired) electrons. The number of ether oxygens (including phenoxy) is 1. The summed E-state index contributed by atoms with van der Waals surface area (Å²) in [6, 6.07) is 3.01. The Morgan fingerprint density at radius 2 is 2.04 bits per heavy atom. The van der Waals surface area contributed by atoms with Crippen LogP contribution in [0.2, 0.25) is 0 Å². The predicted molar refractivity (Wildman–Crippen MR) is 84.4 cm³/mol. The molecule has 2 aliphatic rings. The van der Waals surface area contributed by atoms with Gasteiger partial charge in [0.2, 0.25) is 17.7 Å². The Bertz CT molecular complexity index is 662. The molecule has 1 unspecified atom stereocenters. The molecular formula is C15H19N5O4. The number of amides is 4. The molecule has 4 amide bonds. The molecule has 2 saturated heterocycles. The van der Waals surface area contributed by atoms with Crippen LogP contribution in [0.1, 0.15) is 6.42 Å². The first kappa shape index (κ1) is 16.2. The van der Waals surface area contributed by atoms with E-state index < -0.39 is 12.2 Å². The smallest absolute Gasteiger partial charge is 0.325 e. The third-order valence-electron chi connectivity index (χ3n) is 4.27. The standard InChI is InChI=1S/C15H19N5O4/c1-18-13(21)8-11(17-15(18)23)19-5-6-20(14(22)9-19)10-3-4-16-12(7-10)24-2/h3-4,7,11H,5-6,8-9H2,1-2H3,(H,17,23). The molecule has 128 valence electrons. The van der Waals surface area contributed by atoms with Gasteiger partial charge in [-0.05, 0) is 6.07 Å². The van der Waals surface area contributed by atoms with Gasteiger partial charge in [0.25, 0.3) is 0 Å². The van der Waals surface area contributed by atoms with Crippen LogP contribution in [0.5, 0.6) is 5.88 Å². The highest BCUT2D eigenvalue weighted by molar-refractivity contribution is 5.98. The van der Waals surface area contributed by atoms with Crippen molar-refractivity contribution in [2.45, 2.75) is 12.6 Å². The molecule has 1 aromatic rings. The highest BCUT2D eigenvalue weighted by Crippen LogP contribution is 2.22. The summed E-state index contributed by atoms with van der Waals surface area (Å²) in [7, 11) is 2.96. The number of carbonyl (C=O) groups excluding carboxylic acids is 3. The van der Waals surface area contributed by atoms with Crippen molar-refractivity contribution in [1.29, 1.82) is 0 Å². The maximum absolute atomic E-state index is 12.5. The fourth-order valence-corrected chi connectivity index (χ4v) is 2.84. The lowest BCUT2D eigenvalue weighted by Gasteiger charge is -2.41. The Kier molecular flexibility index (Phi) is 4.34. The molecule has 0 aliphatic carbocycles. The zero-order chi connectivity index (χ0) is 17.3. The van der Waals surface area contributed by atoms with E-state index >= 15 is 0 Å². The number of imide groups is 1. The molecule has 1 atom stereocenters. The molecule has 24 heavy (non-hydrogen) atoms. The lowest BCUT2D eigenvalue weighted by atomic mass is 10.2. The fourth-order valence-electron chi connectivity index (χ4n) is 2.84. The lowest BCUT2D eigenvalue weighted by molar-refractivity contribution is -0.132. The van der Waals surface area contributed by atoms with E-state index in [1.807, 2.05) is 4.90 Å². The molecule has 0 saturated carbocycles. The number of methoxy groups -OCH3 is 1. The van der Waals surface area contributed by atoms with E-state index in [9.17, 15) is 14.4 Å². The topological polar surface area (TPSA) is 95.1 Å². The number of carbonyl (C=O) groups is 3. The molecule has 9 nitrogen and oxygen atoms in total. The second-order valence-electron chi connectivity index (χ2n) is 5.69. The van der Waals surface area contributed by atoms with Gasteiger partial charge in [0.15, 0.2) is 0 Å². The van der Waals surface area contributed by atoms with Crippen LogP contribution in [0.15, 0.2) is 18.3 Å². The van der Waals surface area contributed by atoms with E-state index in [4.69, 9.17) is 4.74 Å². The minimum Gasteiger partial charge on any atom is -0.481 e. The number of aromatic nitrogens is 1. The van der Waals surface area contributed by atoms with Crippen molar-refractivity contribution in [3.8, 4) is 5.88 Å². The van der Waals surface area contributed by atoms with E-state index in [1.54, 1.807) is 23.2 Å². The Morgan fingerprint density at radius 3 is 2.71 bits per heavy atom. The summed E-state index contributed by atoms with van der Waals surface area (Å²) in [5, 5.41) is 2.75. The van der Waals surface area contributed by atoms with E-state index in [1.165, 1.54) is 14.2 Å². The minimum absolute atomic E-state index is 0.102. The number of anilines is 1. The third-order valence-corrected chi connectivity index (χ3v) is 4.27. The van der Waals surface area contributed by atoms with Crippen LogP contribution in [-0.4, -0.2) is 72.6 Å². The number of nitrogens with zero attached hydrogens (tertiary/aromatic N) is 4. The van der Waals surface area contributed by atoms with Gasteiger partial charge in [-0.15, -0.1) is 0 Å². The van der Waals surface area contributed by atoms with Gasteiger partial charge in [0.1, 0.15) is 0 Å². The molecule has 0 aromatic carbocycles.